The van der Waals surface area contributed by atoms with Gasteiger partial charge in [-0.25, -0.2) is 4.79 Å². The van der Waals surface area contributed by atoms with Crippen LogP contribution in [0.4, 0.5) is 5.69 Å². The molecule has 0 saturated heterocycles. The smallest absolute Gasteiger partial charge is 0.338 e. The average Bonchev–Trinajstić information content (AvgIpc) is 2.39. The lowest BCUT2D eigenvalue weighted by molar-refractivity contribution is 0.0334. The van der Waals surface area contributed by atoms with E-state index in [-0.39, 0.29) is 12.1 Å². The Morgan fingerprint density at radius 1 is 1.17 bits per heavy atom. The number of anilines is 1. The standard InChI is InChI=1S/C15H23NO2/c1-5-11(3)16-14-9-7-13(8-10-14)15(17)18-12(4)6-2/h7-12,16H,5-6H2,1-4H3. The lowest BCUT2D eigenvalue weighted by Crippen LogP contribution is -2.15. The topological polar surface area (TPSA) is 38.3 Å². The molecule has 18 heavy (non-hydrogen) atoms. The van der Waals surface area contributed by atoms with Gasteiger partial charge in [0, 0.05) is 11.7 Å². The second-order valence-corrected chi connectivity index (χ2v) is 4.66. The van der Waals surface area contributed by atoms with Crippen molar-refractivity contribution in [2.24, 2.45) is 0 Å². The number of esters is 1. The second-order valence-electron chi connectivity index (χ2n) is 4.66. The molecule has 0 aromatic heterocycles. The van der Waals surface area contributed by atoms with Crippen molar-refractivity contribution in [2.45, 2.75) is 52.7 Å². The van der Waals surface area contributed by atoms with Crippen LogP contribution in [0.15, 0.2) is 24.3 Å². The van der Waals surface area contributed by atoms with E-state index in [1.165, 1.54) is 0 Å². The minimum Gasteiger partial charge on any atom is -0.459 e. The molecule has 0 aliphatic heterocycles. The van der Waals surface area contributed by atoms with Crippen LogP contribution in [0.1, 0.15) is 50.9 Å². The van der Waals surface area contributed by atoms with Crippen LogP contribution in [0, 0.1) is 0 Å². The van der Waals surface area contributed by atoms with E-state index >= 15 is 0 Å². The predicted octanol–water partition coefficient (Wildman–Crippen LogP) is 3.85. The Balaban J connectivity index is 2.62. The number of hydrogen-bond acceptors (Lipinski definition) is 3. The van der Waals surface area contributed by atoms with Gasteiger partial charge in [-0.1, -0.05) is 13.8 Å². The maximum atomic E-state index is 11.8. The first-order valence-electron chi connectivity index (χ1n) is 6.64. The van der Waals surface area contributed by atoms with Gasteiger partial charge in [0.1, 0.15) is 0 Å². The summed E-state index contributed by atoms with van der Waals surface area (Å²) in [6, 6.07) is 7.87. The zero-order valence-corrected chi connectivity index (χ0v) is 11.7. The zero-order chi connectivity index (χ0) is 13.5. The number of hydrogen-bond donors (Lipinski definition) is 1. The highest BCUT2D eigenvalue weighted by Crippen LogP contribution is 2.13. The summed E-state index contributed by atoms with van der Waals surface area (Å²) in [4.78, 5) is 11.8. The van der Waals surface area contributed by atoms with Gasteiger partial charge in [-0.15, -0.1) is 0 Å². The molecule has 1 aromatic rings. The van der Waals surface area contributed by atoms with Gasteiger partial charge < -0.3 is 10.1 Å². The van der Waals surface area contributed by atoms with Crippen LogP contribution in [0.2, 0.25) is 0 Å². The fourth-order valence-corrected chi connectivity index (χ4v) is 1.42. The Hall–Kier alpha value is -1.51. The van der Waals surface area contributed by atoms with Gasteiger partial charge in [-0.3, -0.25) is 0 Å². The third kappa shape index (κ3) is 4.40. The van der Waals surface area contributed by atoms with Crippen molar-refractivity contribution in [3.05, 3.63) is 29.8 Å². The Morgan fingerprint density at radius 2 is 1.78 bits per heavy atom. The van der Waals surface area contributed by atoms with Gasteiger partial charge in [0.15, 0.2) is 0 Å². The van der Waals surface area contributed by atoms with Gasteiger partial charge in [0.05, 0.1) is 11.7 Å². The molecule has 100 valence electrons. The van der Waals surface area contributed by atoms with Crippen LogP contribution in [0.3, 0.4) is 0 Å². The van der Waals surface area contributed by atoms with Crippen LogP contribution in [-0.4, -0.2) is 18.1 Å². The minimum atomic E-state index is -0.251. The summed E-state index contributed by atoms with van der Waals surface area (Å²) in [5.74, 6) is -0.251. The minimum absolute atomic E-state index is 0.0320. The Morgan fingerprint density at radius 3 is 2.28 bits per heavy atom. The van der Waals surface area contributed by atoms with E-state index < -0.39 is 0 Å². The number of carbonyl (C=O) groups excluding carboxylic acids is 1. The molecule has 0 saturated carbocycles. The summed E-state index contributed by atoms with van der Waals surface area (Å²) in [5, 5.41) is 3.36. The molecule has 0 amide bonds. The van der Waals surface area contributed by atoms with Crippen LogP contribution in [0.25, 0.3) is 0 Å². The fraction of sp³-hybridized carbons (Fsp3) is 0.533. The summed E-state index contributed by atoms with van der Waals surface area (Å²) in [6.45, 7) is 8.16. The summed E-state index contributed by atoms with van der Waals surface area (Å²) in [6.07, 6.45) is 1.87. The Bertz CT molecular complexity index is 373. The largest absolute Gasteiger partial charge is 0.459 e. The van der Waals surface area contributed by atoms with Gasteiger partial charge in [-0.2, -0.15) is 0 Å². The van der Waals surface area contributed by atoms with Gasteiger partial charge in [0.25, 0.3) is 0 Å². The molecule has 2 unspecified atom stereocenters. The molecule has 0 aliphatic rings. The first-order valence-corrected chi connectivity index (χ1v) is 6.64. The third-order valence-electron chi connectivity index (χ3n) is 3.03. The summed E-state index contributed by atoms with van der Waals surface area (Å²) >= 11 is 0. The average molecular weight is 249 g/mol. The first kappa shape index (κ1) is 14.6. The van der Waals surface area contributed by atoms with Crippen molar-refractivity contribution in [3.8, 4) is 0 Å². The second kappa shape index (κ2) is 7.04. The molecule has 2 atom stereocenters. The molecule has 3 nitrogen and oxygen atoms in total. The molecule has 3 heteroatoms. The van der Waals surface area contributed by atoms with E-state index in [0.29, 0.717) is 11.6 Å². The lowest BCUT2D eigenvalue weighted by atomic mass is 10.2. The molecular formula is C15H23NO2. The van der Waals surface area contributed by atoms with Crippen molar-refractivity contribution in [3.63, 3.8) is 0 Å². The van der Waals surface area contributed by atoms with Gasteiger partial charge >= 0.3 is 5.97 Å². The van der Waals surface area contributed by atoms with Gasteiger partial charge in [-0.05, 0) is 51.0 Å². The number of rotatable bonds is 6. The Labute approximate surface area is 110 Å². The highest BCUT2D eigenvalue weighted by molar-refractivity contribution is 5.89. The maximum absolute atomic E-state index is 11.8. The molecule has 0 heterocycles. The summed E-state index contributed by atoms with van der Waals surface area (Å²) < 4.78 is 5.27. The molecule has 0 bridgehead atoms. The van der Waals surface area contributed by atoms with Gasteiger partial charge in [0.2, 0.25) is 0 Å². The van der Waals surface area contributed by atoms with Crippen LogP contribution in [0.5, 0.6) is 0 Å². The maximum Gasteiger partial charge on any atom is 0.338 e. The normalized spacial score (nSPS) is 13.8. The number of benzene rings is 1. The van der Waals surface area contributed by atoms with E-state index in [4.69, 9.17) is 4.74 Å². The van der Waals surface area contributed by atoms with Crippen molar-refractivity contribution in [1.82, 2.24) is 0 Å². The van der Waals surface area contributed by atoms with Crippen molar-refractivity contribution < 1.29 is 9.53 Å². The monoisotopic (exact) mass is 249 g/mol. The summed E-state index contributed by atoms with van der Waals surface area (Å²) in [5.41, 5.74) is 1.63. The quantitative estimate of drug-likeness (QED) is 0.778. The van der Waals surface area contributed by atoms with Crippen molar-refractivity contribution in [1.29, 1.82) is 0 Å². The highest BCUT2D eigenvalue weighted by Gasteiger charge is 2.10. The van der Waals surface area contributed by atoms with Crippen LogP contribution in [-0.2, 0) is 4.74 Å². The van der Waals surface area contributed by atoms with E-state index in [0.717, 1.165) is 18.5 Å². The predicted molar refractivity (Wildman–Crippen MR) is 75.0 cm³/mol. The molecule has 1 N–H and O–H groups in total. The van der Waals surface area contributed by atoms with Crippen molar-refractivity contribution in [2.75, 3.05) is 5.32 Å². The first-order chi connectivity index (χ1) is 8.56. The molecule has 0 aliphatic carbocycles. The van der Waals surface area contributed by atoms with E-state index in [1.54, 1.807) is 12.1 Å². The summed E-state index contributed by atoms with van der Waals surface area (Å²) in [7, 11) is 0. The SMILES string of the molecule is CCC(C)Nc1ccc(C(=O)OC(C)CC)cc1. The Kier molecular flexibility index (Phi) is 5.69. The molecule has 1 aromatic carbocycles. The van der Waals surface area contributed by atoms with E-state index in [9.17, 15) is 4.79 Å². The van der Waals surface area contributed by atoms with Crippen molar-refractivity contribution >= 4 is 11.7 Å². The molecule has 0 radical (unpaired) electrons. The fourth-order valence-electron chi connectivity index (χ4n) is 1.42. The third-order valence-corrected chi connectivity index (χ3v) is 3.03. The van der Waals surface area contributed by atoms with Crippen LogP contribution < -0.4 is 5.32 Å². The molecule has 1 rings (SSSR count). The van der Waals surface area contributed by atoms with E-state index in [1.807, 2.05) is 26.0 Å². The zero-order valence-electron chi connectivity index (χ0n) is 11.7. The number of ether oxygens (including phenoxy) is 1. The highest BCUT2D eigenvalue weighted by atomic mass is 16.5. The number of nitrogens with one attached hydrogen (secondary N) is 1. The number of carbonyl (C=O) groups is 1. The molecule has 0 fully saturated rings. The lowest BCUT2D eigenvalue weighted by Gasteiger charge is -2.14. The molecular weight excluding hydrogens is 226 g/mol. The van der Waals surface area contributed by atoms with Crippen LogP contribution >= 0.6 is 0 Å². The van der Waals surface area contributed by atoms with E-state index in [2.05, 4.69) is 19.2 Å². The molecule has 0 spiro atoms.